The maximum Gasteiger partial charge on any atom is 0.151 e. The number of aromatic nitrogens is 4. The standard InChI is InChI=1S/C13H21N5.ClH/c1-5-17-9-12(7-15-17)6-14-13-11(4)8-18(16-13)10(2)3;/h7-10H,5-6H2,1-4H3,(H,14,16);1H. The highest BCUT2D eigenvalue weighted by Crippen LogP contribution is 2.15. The zero-order valence-electron chi connectivity index (χ0n) is 11.9. The molecular weight excluding hydrogens is 262 g/mol. The number of hydrogen-bond acceptors (Lipinski definition) is 3. The van der Waals surface area contributed by atoms with Gasteiger partial charge in [0.15, 0.2) is 5.82 Å². The fourth-order valence-electron chi connectivity index (χ4n) is 1.78. The summed E-state index contributed by atoms with van der Waals surface area (Å²) < 4.78 is 3.91. The molecule has 2 aromatic heterocycles. The Morgan fingerprint density at radius 3 is 2.58 bits per heavy atom. The van der Waals surface area contributed by atoms with Crippen LogP contribution in [0.15, 0.2) is 18.6 Å². The molecule has 2 heterocycles. The van der Waals surface area contributed by atoms with Crippen molar-refractivity contribution in [2.24, 2.45) is 0 Å². The number of nitrogens with one attached hydrogen (secondary N) is 1. The molecule has 0 unspecified atom stereocenters. The highest BCUT2D eigenvalue weighted by Gasteiger charge is 2.07. The number of anilines is 1. The molecule has 0 saturated carbocycles. The predicted molar refractivity (Wildman–Crippen MR) is 79.8 cm³/mol. The Labute approximate surface area is 120 Å². The largest absolute Gasteiger partial charge is 0.364 e. The normalized spacial score (nSPS) is 10.6. The molecule has 6 heteroatoms. The summed E-state index contributed by atoms with van der Waals surface area (Å²) >= 11 is 0. The molecule has 0 aliphatic carbocycles. The van der Waals surface area contributed by atoms with Crippen LogP contribution < -0.4 is 5.32 Å². The first-order valence-electron chi connectivity index (χ1n) is 6.41. The van der Waals surface area contributed by atoms with Crippen molar-refractivity contribution in [3.8, 4) is 0 Å². The molecule has 0 aliphatic rings. The van der Waals surface area contributed by atoms with Gasteiger partial charge in [-0.15, -0.1) is 12.4 Å². The van der Waals surface area contributed by atoms with Crippen molar-refractivity contribution in [2.45, 2.75) is 46.8 Å². The van der Waals surface area contributed by atoms with Crippen LogP contribution in [0.4, 0.5) is 5.82 Å². The highest BCUT2D eigenvalue weighted by atomic mass is 35.5. The van der Waals surface area contributed by atoms with Gasteiger partial charge in [0.2, 0.25) is 0 Å². The summed E-state index contributed by atoms with van der Waals surface area (Å²) in [4.78, 5) is 0. The first-order valence-corrected chi connectivity index (χ1v) is 6.41. The SMILES string of the molecule is CCn1cc(CNc2nn(C(C)C)cc2C)cn1.Cl. The Hall–Kier alpha value is -1.49. The Bertz CT molecular complexity index is 515. The van der Waals surface area contributed by atoms with Crippen molar-refractivity contribution >= 4 is 18.2 Å². The molecule has 5 nitrogen and oxygen atoms in total. The number of halogens is 1. The third-order valence-corrected chi connectivity index (χ3v) is 2.91. The molecule has 0 aromatic carbocycles. The molecule has 106 valence electrons. The quantitative estimate of drug-likeness (QED) is 0.917. The van der Waals surface area contributed by atoms with Gasteiger partial charge in [-0.3, -0.25) is 9.36 Å². The number of nitrogens with zero attached hydrogens (tertiary/aromatic N) is 4. The molecule has 0 amide bonds. The van der Waals surface area contributed by atoms with Gasteiger partial charge in [-0.25, -0.2) is 0 Å². The van der Waals surface area contributed by atoms with E-state index in [-0.39, 0.29) is 12.4 Å². The van der Waals surface area contributed by atoms with Gasteiger partial charge in [-0.1, -0.05) is 0 Å². The van der Waals surface area contributed by atoms with Crippen molar-refractivity contribution in [3.63, 3.8) is 0 Å². The van der Waals surface area contributed by atoms with Crippen molar-refractivity contribution in [1.29, 1.82) is 0 Å². The molecule has 0 bridgehead atoms. The minimum atomic E-state index is 0. The fraction of sp³-hybridized carbons (Fsp3) is 0.538. The Balaban J connectivity index is 0.00000180. The Kier molecular flexibility index (Phi) is 5.42. The predicted octanol–water partition coefficient (Wildman–Crippen LogP) is 3.02. The van der Waals surface area contributed by atoms with E-state index in [1.54, 1.807) is 0 Å². The zero-order valence-corrected chi connectivity index (χ0v) is 12.7. The fourth-order valence-corrected chi connectivity index (χ4v) is 1.78. The summed E-state index contributed by atoms with van der Waals surface area (Å²) in [5, 5.41) is 12.1. The van der Waals surface area contributed by atoms with E-state index in [1.807, 2.05) is 15.6 Å². The van der Waals surface area contributed by atoms with E-state index in [1.165, 1.54) is 11.1 Å². The molecule has 2 aromatic rings. The zero-order chi connectivity index (χ0) is 13.1. The van der Waals surface area contributed by atoms with Crippen molar-refractivity contribution in [3.05, 3.63) is 29.7 Å². The van der Waals surface area contributed by atoms with E-state index >= 15 is 0 Å². The second-order valence-corrected chi connectivity index (χ2v) is 4.79. The highest BCUT2D eigenvalue weighted by molar-refractivity contribution is 5.85. The van der Waals surface area contributed by atoms with Gasteiger partial charge >= 0.3 is 0 Å². The van der Waals surface area contributed by atoms with Crippen LogP contribution in [0.2, 0.25) is 0 Å². The van der Waals surface area contributed by atoms with Crippen LogP contribution >= 0.6 is 12.4 Å². The Morgan fingerprint density at radius 1 is 1.32 bits per heavy atom. The summed E-state index contributed by atoms with van der Waals surface area (Å²) in [6.07, 6.45) is 6.02. The van der Waals surface area contributed by atoms with E-state index < -0.39 is 0 Å². The molecule has 2 rings (SSSR count). The van der Waals surface area contributed by atoms with Gasteiger partial charge in [-0.05, 0) is 27.7 Å². The molecule has 0 saturated heterocycles. The molecule has 19 heavy (non-hydrogen) atoms. The molecule has 0 aliphatic heterocycles. The van der Waals surface area contributed by atoms with Crippen LogP contribution in [0.3, 0.4) is 0 Å². The summed E-state index contributed by atoms with van der Waals surface area (Å²) in [5.74, 6) is 0.952. The summed E-state index contributed by atoms with van der Waals surface area (Å²) in [7, 11) is 0. The van der Waals surface area contributed by atoms with Crippen LogP contribution in [0, 0.1) is 6.92 Å². The molecule has 0 radical (unpaired) electrons. The first-order chi connectivity index (χ1) is 8.60. The molecule has 1 N–H and O–H groups in total. The van der Waals surface area contributed by atoms with Crippen molar-refractivity contribution < 1.29 is 0 Å². The third-order valence-electron chi connectivity index (χ3n) is 2.91. The van der Waals surface area contributed by atoms with Gasteiger partial charge in [-0.2, -0.15) is 10.2 Å². The average molecular weight is 284 g/mol. The van der Waals surface area contributed by atoms with Crippen LogP contribution in [-0.2, 0) is 13.1 Å². The summed E-state index contributed by atoms with van der Waals surface area (Å²) in [6, 6.07) is 0.391. The van der Waals surface area contributed by atoms with E-state index in [0.29, 0.717) is 6.04 Å². The first kappa shape index (κ1) is 15.6. The van der Waals surface area contributed by atoms with Gasteiger partial charge in [0.1, 0.15) is 0 Å². The monoisotopic (exact) mass is 283 g/mol. The topological polar surface area (TPSA) is 47.7 Å². The lowest BCUT2D eigenvalue weighted by Crippen LogP contribution is -2.04. The van der Waals surface area contributed by atoms with E-state index in [0.717, 1.165) is 18.9 Å². The van der Waals surface area contributed by atoms with E-state index in [4.69, 9.17) is 0 Å². The lowest BCUT2D eigenvalue weighted by molar-refractivity contribution is 0.533. The summed E-state index contributed by atoms with van der Waals surface area (Å²) in [5.41, 5.74) is 2.35. The Morgan fingerprint density at radius 2 is 2.05 bits per heavy atom. The van der Waals surface area contributed by atoms with Crippen LogP contribution in [0.1, 0.15) is 37.9 Å². The van der Waals surface area contributed by atoms with Crippen LogP contribution in [0.5, 0.6) is 0 Å². The van der Waals surface area contributed by atoms with Gasteiger partial charge in [0.05, 0.1) is 6.20 Å². The van der Waals surface area contributed by atoms with E-state index in [9.17, 15) is 0 Å². The van der Waals surface area contributed by atoms with Crippen LogP contribution in [0.25, 0.3) is 0 Å². The van der Waals surface area contributed by atoms with Crippen LogP contribution in [-0.4, -0.2) is 19.6 Å². The lowest BCUT2D eigenvalue weighted by Gasteiger charge is -2.04. The van der Waals surface area contributed by atoms with Crippen molar-refractivity contribution in [1.82, 2.24) is 19.6 Å². The molecule has 0 fully saturated rings. The summed E-state index contributed by atoms with van der Waals surface area (Å²) in [6.45, 7) is 10.1. The second-order valence-electron chi connectivity index (χ2n) is 4.79. The number of rotatable bonds is 5. The number of aryl methyl sites for hydroxylation is 2. The minimum Gasteiger partial charge on any atom is -0.364 e. The molecular formula is C13H22ClN5. The number of hydrogen-bond donors (Lipinski definition) is 1. The lowest BCUT2D eigenvalue weighted by atomic mass is 10.3. The van der Waals surface area contributed by atoms with Gasteiger partial charge in [0.25, 0.3) is 0 Å². The smallest absolute Gasteiger partial charge is 0.151 e. The van der Waals surface area contributed by atoms with Gasteiger partial charge < -0.3 is 5.32 Å². The maximum absolute atomic E-state index is 4.53. The third kappa shape index (κ3) is 3.73. The van der Waals surface area contributed by atoms with Crippen molar-refractivity contribution in [2.75, 3.05) is 5.32 Å². The average Bonchev–Trinajstić information content (AvgIpc) is 2.93. The second kappa shape index (κ2) is 6.61. The minimum absolute atomic E-state index is 0. The van der Waals surface area contributed by atoms with Gasteiger partial charge in [0, 0.05) is 42.7 Å². The molecule has 0 atom stereocenters. The van der Waals surface area contributed by atoms with E-state index in [2.05, 4.69) is 55.6 Å². The maximum atomic E-state index is 4.53. The molecule has 0 spiro atoms.